The lowest BCUT2D eigenvalue weighted by Crippen LogP contribution is -2.13. The van der Waals surface area contributed by atoms with Crippen LogP contribution in [0.2, 0.25) is 10.0 Å². The Bertz CT molecular complexity index is 1550. The molecule has 0 heterocycles. The SMILES string of the molecule is CCOC(=O)c1ccc(NC(=O)/C(C#N)=C/c2cc(Cl)c(OCc3ccc4ccccc4c3)c(Cl)c2)cc1. The molecule has 1 N–H and O–H groups in total. The first-order valence-corrected chi connectivity index (χ1v) is 12.4. The standard InChI is InChI=1S/C30H22Cl2N2O4/c1-2-37-30(36)22-9-11-25(12-10-22)34-29(35)24(17-33)14-20-15-26(31)28(27(32)16-20)38-18-19-7-8-21-5-3-4-6-23(21)13-19/h3-16H,2,18H2,1H3,(H,34,35)/b24-14+. The molecule has 190 valence electrons. The Morgan fingerprint density at radius 2 is 1.63 bits per heavy atom. The first-order chi connectivity index (χ1) is 18.4. The van der Waals surface area contributed by atoms with E-state index in [1.165, 1.54) is 18.2 Å². The number of carbonyl (C=O) groups excluding carboxylic acids is 2. The van der Waals surface area contributed by atoms with E-state index in [9.17, 15) is 14.9 Å². The lowest BCUT2D eigenvalue weighted by Gasteiger charge is -2.12. The van der Waals surface area contributed by atoms with Gasteiger partial charge < -0.3 is 14.8 Å². The molecule has 6 nitrogen and oxygen atoms in total. The second kappa shape index (κ2) is 12.3. The molecule has 0 aromatic heterocycles. The predicted molar refractivity (Wildman–Crippen MR) is 149 cm³/mol. The van der Waals surface area contributed by atoms with Crippen molar-refractivity contribution in [1.82, 2.24) is 0 Å². The molecule has 0 bridgehead atoms. The van der Waals surface area contributed by atoms with Crippen LogP contribution >= 0.6 is 23.2 Å². The average molecular weight is 545 g/mol. The third kappa shape index (κ3) is 6.51. The highest BCUT2D eigenvalue weighted by atomic mass is 35.5. The Balaban J connectivity index is 1.45. The molecular weight excluding hydrogens is 523 g/mol. The lowest BCUT2D eigenvalue weighted by molar-refractivity contribution is -0.112. The number of benzene rings is 4. The summed E-state index contributed by atoms with van der Waals surface area (Å²) in [6.45, 7) is 2.24. The minimum atomic E-state index is -0.625. The Hall–Kier alpha value is -4.31. The summed E-state index contributed by atoms with van der Waals surface area (Å²) < 4.78 is 10.8. The van der Waals surface area contributed by atoms with Crippen molar-refractivity contribution in [2.75, 3.05) is 11.9 Å². The maximum absolute atomic E-state index is 12.7. The third-order valence-corrected chi connectivity index (χ3v) is 6.11. The van der Waals surface area contributed by atoms with E-state index in [4.69, 9.17) is 32.7 Å². The number of nitrogens with zero attached hydrogens (tertiary/aromatic N) is 1. The van der Waals surface area contributed by atoms with E-state index in [0.717, 1.165) is 16.3 Å². The fourth-order valence-corrected chi connectivity index (χ4v) is 4.32. The van der Waals surface area contributed by atoms with Gasteiger partial charge in [0.05, 0.1) is 22.2 Å². The van der Waals surface area contributed by atoms with Gasteiger partial charge in [0.2, 0.25) is 0 Å². The molecule has 0 atom stereocenters. The van der Waals surface area contributed by atoms with E-state index in [0.29, 0.717) is 22.6 Å². The fraction of sp³-hybridized carbons (Fsp3) is 0.100. The largest absolute Gasteiger partial charge is 0.486 e. The zero-order chi connectivity index (χ0) is 27.1. The smallest absolute Gasteiger partial charge is 0.338 e. The molecule has 38 heavy (non-hydrogen) atoms. The molecule has 0 saturated heterocycles. The number of esters is 1. The van der Waals surface area contributed by atoms with Gasteiger partial charge in [0.25, 0.3) is 5.91 Å². The van der Waals surface area contributed by atoms with Gasteiger partial charge >= 0.3 is 5.97 Å². The summed E-state index contributed by atoms with van der Waals surface area (Å²) >= 11 is 12.9. The normalized spacial score (nSPS) is 11.1. The van der Waals surface area contributed by atoms with Crippen LogP contribution < -0.4 is 10.1 Å². The number of rotatable bonds is 8. The fourth-order valence-electron chi connectivity index (χ4n) is 3.70. The van der Waals surface area contributed by atoms with Crippen molar-refractivity contribution in [1.29, 1.82) is 5.26 Å². The summed E-state index contributed by atoms with van der Waals surface area (Å²) in [7, 11) is 0. The van der Waals surface area contributed by atoms with Crippen molar-refractivity contribution in [2.24, 2.45) is 0 Å². The van der Waals surface area contributed by atoms with Crippen molar-refractivity contribution in [3.63, 3.8) is 0 Å². The van der Waals surface area contributed by atoms with E-state index in [1.54, 1.807) is 31.2 Å². The third-order valence-electron chi connectivity index (χ3n) is 5.55. The van der Waals surface area contributed by atoms with Crippen molar-refractivity contribution < 1.29 is 19.1 Å². The number of nitriles is 1. The number of anilines is 1. The van der Waals surface area contributed by atoms with Gasteiger partial charge in [0.1, 0.15) is 18.2 Å². The Labute approximate surface area is 230 Å². The summed E-state index contributed by atoms with van der Waals surface area (Å²) in [4.78, 5) is 24.5. The zero-order valence-corrected chi connectivity index (χ0v) is 21.8. The van der Waals surface area contributed by atoms with Gasteiger partial charge in [-0.1, -0.05) is 59.6 Å². The predicted octanol–water partition coefficient (Wildman–Crippen LogP) is 7.45. The molecule has 8 heteroatoms. The summed E-state index contributed by atoms with van der Waals surface area (Å²) in [5.74, 6) is -0.773. The van der Waals surface area contributed by atoms with E-state index in [1.807, 2.05) is 48.5 Å². The molecule has 0 aliphatic heterocycles. The molecule has 0 spiro atoms. The van der Waals surface area contributed by atoms with E-state index in [2.05, 4.69) is 5.32 Å². The van der Waals surface area contributed by atoms with Crippen LogP contribution in [0.15, 0.2) is 84.4 Å². The summed E-state index contributed by atoms with van der Waals surface area (Å²) in [6, 6.07) is 25.3. The second-order valence-corrected chi connectivity index (χ2v) is 9.02. The minimum Gasteiger partial charge on any atom is -0.486 e. The summed E-state index contributed by atoms with van der Waals surface area (Å²) in [6.07, 6.45) is 1.38. The Morgan fingerprint density at radius 1 is 0.947 bits per heavy atom. The molecule has 0 unspecified atom stereocenters. The van der Waals surface area contributed by atoms with Crippen LogP contribution in [-0.2, 0) is 16.1 Å². The topological polar surface area (TPSA) is 88.4 Å². The highest BCUT2D eigenvalue weighted by Crippen LogP contribution is 2.35. The van der Waals surface area contributed by atoms with Crippen molar-refractivity contribution >= 4 is 57.6 Å². The molecular formula is C30H22Cl2N2O4. The second-order valence-electron chi connectivity index (χ2n) is 8.21. The first-order valence-electron chi connectivity index (χ1n) is 11.7. The highest BCUT2D eigenvalue weighted by molar-refractivity contribution is 6.37. The van der Waals surface area contributed by atoms with Gasteiger partial charge in [-0.25, -0.2) is 4.79 Å². The lowest BCUT2D eigenvalue weighted by atomic mass is 10.1. The maximum Gasteiger partial charge on any atom is 0.338 e. The molecule has 0 fully saturated rings. The monoisotopic (exact) mass is 544 g/mol. The quantitative estimate of drug-likeness (QED) is 0.141. The number of hydrogen-bond donors (Lipinski definition) is 1. The highest BCUT2D eigenvalue weighted by Gasteiger charge is 2.14. The number of amides is 1. The van der Waals surface area contributed by atoms with E-state index in [-0.39, 0.29) is 28.8 Å². The average Bonchev–Trinajstić information content (AvgIpc) is 2.91. The molecule has 0 radical (unpaired) electrons. The van der Waals surface area contributed by atoms with Gasteiger partial charge in [0.15, 0.2) is 5.75 Å². The number of fused-ring (bicyclic) bond motifs is 1. The van der Waals surface area contributed by atoms with Gasteiger partial charge in [0, 0.05) is 5.69 Å². The molecule has 0 aliphatic carbocycles. The van der Waals surface area contributed by atoms with Gasteiger partial charge in [-0.3, -0.25) is 4.79 Å². The van der Waals surface area contributed by atoms with Crippen molar-refractivity contribution in [2.45, 2.75) is 13.5 Å². The molecule has 0 aliphatic rings. The Morgan fingerprint density at radius 3 is 2.29 bits per heavy atom. The number of nitrogens with one attached hydrogen (secondary N) is 1. The first kappa shape index (κ1) is 26.7. The van der Waals surface area contributed by atoms with E-state index < -0.39 is 11.9 Å². The number of hydrogen-bond acceptors (Lipinski definition) is 5. The van der Waals surface area contributed by atoms with Crippen LogP contribution in [0, 0.1) is 11.3 Å². The van der Waals surface area contributed by atoms with Crippen LogP contribution in [0.25, 0.3) is 16.8 Å². The number of ether oxygens (including phenoxy) is 2. The molecule has 0 saturated carbocycles. The van der Waals surface area contributed by atoms with Crippen LogP contribution in [0.5, 0.6) is 5.75 Å². The van der Waals surface area contributed by atoms with Crippen LogP contribution in [-0.4, -0.2) is 18.5 Å². The van der Waals surface area contributed by atoms with Crippen LogP contribution in [0.3, 0.4) is 0 Å². The number of halogens is 2. The Kier molecular flexibility index (Phi) is 8.65. The molecule has 1 amide bonds. The minimum absolute atomic E-state index is 0.156. The maximum atomic E-state index is 12.7. The van der Waals surface area contributed by atoms with Gasteiger partial charge in [-0.05, 0) is 77.4 Å². The van der Waals surface area contributed by atoms with Crippen LogP contribution in [0.1, 0.15) is 28.4 Å². The molecule has 4 rings (SSSR count). The summed E-state index contributed by atoms with van der Waals surface area (Å²) in [5.41, 5.74) is 2.03. The van der Waals surface area contributed by atoms with E-state index >= 15 is 0 Å². The van der Waals surface area contributed by atoms with Gasteiger partial charge in [-0.15, -0.1) is 0 Å². The number of carbonyl (C=O) groups is 2. The summed E-state index contributed by atoms with van der Waals surface area (Å²) in [5, 5.41) is 14.9. The van der Waals surface area contributed by atoms with Crippen molar-refractivity contribution in [3.05, 3.63) is 111 Å². The van der Waals surface area contributed by atoms with Crippen molar-refractivity contribution in [3.8, 4) is 11.8 Å². The zero-order valence-electron chi connectivity index (χ0n) is 20.3. The van der Waals surface area contributed by atoms with Gasteiger partial charge in [-0.2, -0.15) is 5.26 Å². The molecule has 4 aromatic rings. The molecule has 4 aromatic carbocycles. The van der Waals surface area contributed by atoms with Crippen LogP contribution in [0.4, 0.5) is 5.69 Å².